The van der Waals surface area contributed by atoms with Crippen LogP contribution < -0.4 is 11.1 Å². The molecule has 8 nitrogen and oxygen atoms in total. The Balaban J connectivity index is 2.05. The van der Waals surface area contributed by atoms with Crippen LogP contribution in [0.1, 0.15) is 66.4 Å². The van der Waals surface area contributed by atoms with Crippen molar-refractivity contribution in [3.8, 4) is 0 Å². The average molecular weight is 522 g/mol. The average Bonchev–Trinajstić information content (AvgIpc) is 3.23. The van der Waals surface area contributed by atoms with Gasteiger partial charge in [0.05, 0.1) is 12.1 Å². The van der Waals surface area contributed by atoms with Crippen LogP contribution in [0.5, 0.6) is 0 Å². The molecule has 0 unspecified atom stereocenters. The van der Waals surface area contributed by atoms with Crippen LogP contribution in [0.2, 0.25) is 0 Å². The minimum Gasteiger partial charge on any atom is -0.444 e. The topological polar surface area (TPSA) is 103 Å². The number of hydrogen-bond donors (Lipinski definition) is 2. The summed E-state index contributed by atoms with van der Waals surface area (Å²) < 4.78 is 18.1. The second-order valence-electron chi connectivity index (χ2n) is 9.77. The van der Waals surface area contributed by atoms with E-state index >= 15 is 0 Å². The Morgan fingerprint density at radius 2 is 1.78 bits per heavy atom. The number of hydrogen-bond acceptors (Lipinski definition) is 7. The third-order valence-electron chi connectivity index (χ3n) is 5.66. The summed E-state index contributed by atoms with van der Waals surface area (Å²) in [6, 6.07) is 7.20. The van der Waals surface area contributed by atoms with Gasteiger partial charge in [-0.15, -0.1) is 11.3 Å². The highest BCUT2D eigenvalue weighted by Gasteiger charge is 2.31. The summed E-state index contributed by atoms with van der Waals surface area (Å²) in [4.78, 5) is 27.2. The highest BCUT2D eigenvalue weighted by Crippen LogP contribution is 2.28. The maximum atomic E-state index is 13.6. The normalized spacial score (nSPS) is 13.6. The molecule has 0 aliphatic carbocycles. The van der Waals surface area contributed by atoms with Crippen LogP contribution in [0.15, 0.2) is 29.6 Å². The summed E-state index contributed by atoms with van der Waals surface area (Å²) in [5.74, 6) is -0.137. The summed E-state index contributed by atoms with van der Waals surface area (Å²) in [5, 5.41) is 5.98. The molecule has 202 valence electrons. The number of rotatable bonds is 14. The Morgan fingerprint density at radius 1 is 1.11 bits per heavy atom. The zero-order valence-corrected chi connectivity index (χ0v) is 23.4. The number of nitrogens with two attached hydrogens (primary N) is 1. The predicted molar refractivity (Wildman–Crippen MR) is 145 cm³/mol. The van der Waals surface area contributed by atoms with Crippen molar-refractivity contribution in [2.45, 2.75) is 91.3 Å². The smallest absolute Gasteiger partial charge is 0.407 e. The van der Waals surface area contributed by atoms with E-state index in [2.05, 4.69) is 22.8 Å². The molecule has 0 bridgehead atoms. The molecular weight excluding hydrogens is 478 g/mol. The van der Waals surface area contributed by atoms with Gasteiger partial charge in [0.1, 0.15) is 5.60 Å². The largest absolute Gasteiger partial charge is 0.444 e. The fourth-order valence-electron chi connectivity index (χ4n) is 3.89. The van der Waals surface area contributed by atoms with E-state index in [-0.39, 0.29) is 11.9 Å². The number of unbranched alkanes of at least 4 members (excludes halogenated alkanes) is 1. The quantitative estimate of drug-likeness (QED) is 0.267. The Hall–Kier alpha value is -2.20. The van der Waals surface area contributed by atoms with Gasteiger partial charge in [-0.3, -0.25) is 4.79 Å². The number of nitrogens with one attached hydrogen (secondary N) is 1. The molecule has 0 aliphatic heterocycles. The molecule has 2 rings (SSSR count). The minimum absolute atomic E-state index is 0.137. The predicted octanol–water partition coefficient (Wildman–Crippen LogP) is 5.04. The number of benzene rings is 1. The fourth-order valence-corrected chi connectivity index (χ4v) is 4.85. The van der Waals surface area contributed by atoms with Crippen LogP contribution in [0, 0.1) is 0 Å². The van der Waals surface area contributed by atoms with E-state index in [9.17, 15) is 9.59 Å². The maximum Gasteiger partial charge on any atom is 0.407 e. The first-order chi connectivity index (χ1) is 17.1. The van der Waals surface area contributed by atoms with E-state index in [4.69, 9.17) is 19.9 Å². The van der Waals surface area contributed by atoms with E-state index in [1.54, 1.807) is 16.2 Å². The van der Waals surface area contributed by atoms with Crippen molar-refractivity contribution >= 4 is 33.4 Å². The molecule has 36 heavy (non-hydrogen) atoms. The fraction of sp³-hybridized carbons (Fsp3) is 0.630. The van der Waals surface area contributed by atoms with Gasteiger partial charge < -0.3 is 30.2 Å². The van der Waals surface area contributed by atoms with Gasteiger partial charge in [-0.05, 0) is 83.2 Å². The van der Waals surface area contributed by atoms with Crippen LogP contribution in [0.4, 0.5) is 4.79 Å². The second-order valence-corrected chi connectivity index (χ2v) is 10.7. The zero-order valence-electron chi connectivity index (χ0n) is 22.5. The highest BCUT2D eigenvalue weighted by atomic mass is 32.1. The van der Waals surface area contributed by atoms with E-state index < -0.39 is 24.0 Å². The number of carbonyl (C=O) groups excluding carboxylic acids is 2. The monoisotopic (exact) mass is 521 g/mol. The number of amides is 2. The first-order valence-corrected chi connectivity index (χ1v) is 13.7. The van der Waals surface area contributed by atoms with Gasteiger partial charge in [0, 0.05) is 31.0 Å². The summed E-state index contributed by atoms with van der Waals surface area (Å²) >= 11 is 1.67. The van der Waals surface area contributed by atoms with Crippen LogP contribution in [-0.4, -0.2) is 60.6 Å². The molecule has 2 atom stereocenters. The van der Waals surface area contributed by atoms with Gasteiger partial charge in [0.25, 0.3) is 0 Å². The zero-order chi connectivity index (χ0) is 26.7. The number of alkyl carbamates (subject to hydrolysis) is 1. The second kappa shape index (κ2) is 14.5. The molecule has 2 amide bonds. The molecule has 0 fully saturated rings. The van der Waals surface area contributed by atoms with Gasteiger partial charge in [0.15, 0.2) is 6.29 Å². The molecule has 0 saturated carbocycles. The Morgan fingerprint density at radius 3 is 2.42 bits per heavy atom. The van der Waals surface area contributed by atoms with Crippen molar-refractivity contribution in [2.24, 2.45) is 5.73 Å². The lowest BCUT2D eigenvalue weighted by atomic mass is 10.1. The molecule has 1 aromatic heterocycles. The van der Waals surface area contributed by atoms with Crippen molar-refractivity contribution in [1.29, 1.82) is 0 Å². The van der Waals surface area contributed by atoms with Gasteiger partial charge in [-0.2, -0.15) is 0 Å². The van der Waals surface area contributed by atoms with Gasteiger partial charge in [0.2, 0.25) is 5.91 Å². The van der Waals surface area contributed by atoms with Crippen LogP contribution >= 0.6 is 11.3 Å². The molecular formula is C27H43N3O5S. The standard InChI is InChI=1S/C27H43N3O5S/c1-7-33-25(34-8-2)19(3)30(17-20-18-36-23-15-10-9-13-21(20)23)24(31)22(28)14-11-12-16-29-26(32)35-27(4,5)6/h9-10,13,15,18-19,22,25H,7-8,11-12,14,16-17,28H2,1-6H3,(H,29,32)/t19-,22-/m0/s1. The molecule has 0 radical (unpaired) electrons. The maximum absolute atomic E-state index is 13.6. The lowest BCUT2D eigenvalue weighted by Gasteiger charge is -2.35. The SMILES string of the molecule is CCOC(OCC)[C@H](C)N(Cc1csc2ccccc12)C(=O)[C@@H](N)CCCCNC(=O)OC(C)(C)C. The molecule has 1 heterocycles. The lowest BCUT2D eigenvalue weighted by Crippen LogP contribution is -2.52. The van der Waals surface area contributed by atoms with Gasteiger partial charge in [-0.25, -0.2) is 4.79 Å². The van der Waals surface area contributed by atoms with Crippen molar-refractivity contribution in [3.63, 3.8) is 0 Å². The third-order valence-corrected chi connectivity index (χ3v) is 6.67. The summed E-state index contributed by atoms with van der Waals surface area (Å²) in [7, 11) is 0. The first-order valence-electron chi connectivity index (χ1n) is 12.8. The number of carbonyl (C=O) groups is 2. The van der Waals surface area contributed by atoms with E-state index in [0.717, 1.165) is 10.9 Å². The van der Waals surface area contributed by atoms with Crippen LogP contribution in [0.3, 0.4) is 0 Å². The lowest BCUT2D eigenvalue weighted by molar-refractivity contribution is -0.179. The Bertz CT molecular complexity index is 952. The first kappa shape index (κ1) is 30.0. The Kier molecular flexibility index (Phi) is 12.1. The van der Waals surface area contributed by atoms with E-state index in [1.165, 1.54) is 4.70 Å². The van der Waals surface area contributed by atoms with Gasteiger partial charge >= 0.3 is 6.09 Å². The number of fused-ring (bicyclic) bond motifs is 1. The molecule has 0 saturated heterocycles. The highest BCUT2D eigenvalue weighted by molar-refractivity contribution is 7.17. The molecule has 9 heteroatoms. The van der Waals surface area contributed by atoms with Gasteiger partial charge in [-0.1, -0.05) is 18.2 Å². The molecule has 2 aromatic rings. The Labute approximate surface area is 219 Å². The molecule has 0 spiro atoms. The molecule has 1 aromatic carbocycles. The summed E-state index contributed by atoms with van der Waals surface area (Å²) in [6.45, 7) is 13.1. The minimum atomic E-state index is -0.664. The van der Waals surface area contributed by atoms with E-state index in [0.29, 0.717) is 45.6 Å². The van der Waals surface area contributed by atoms with Crippen molar-refractivity contribution in [3.05, 3.63) is 35.2 Å². The third kappa shape index (κ3) is 9.35. The van der Waals surface area contributed by atoms with Crippen molar-refractivity contribution < 1.29 is 23.8 Å². The number of nitrogens with zero attached hydrogens (tertiary/aromatic N) is 1. The molecule has 0 aliphatic rings. The number of ether oxygens (including phenoxy) is 3. The van der Waals surface area contributed by atoms with Crippen LogP contribution in [-0.2, 0) is 25.5 Å². The van der Waals surface area contributed by atoms with Crippen molar-refractivity contribution in [2.75, 3.05) is 19.8 Å². The van der Waals surface area contributed by atoms with Crippen molar-refractivity contribution in [1.82, 2.24) is 10.2 Å². The molecule has 3 N–H and O–H groups in total. The van der Waals surface area contributed by atoms with E-state index in [1.807, 2.05) is 53.7 Å². The summed E-state index contributed by atoms with van der Waals surface area (Å²) in [6.07, 6.45) is 0.928. The van der Waals surface area contributed by atoms with Crippen LogP contribution in [0.25, 0.3) is 10.1 Å². The number of thiophene rings is 1. The summed E-state index contributed by atoms with van der Waals surface area (Å²) in [5.41, 5.74) is 6.93.